The van der Waals surface area contributed by atoms with E-state index in [2.05, 4.69) is 37.5 Å². The van der Waals surface area contributed by atoms with Crippen molar-refractivity contribution in [3.05, 3.63) is 12.2 Å². The number of hydrogen-bond donors (Lipinski definition) is 1. The van der Waals surface area contributed by atoms with E-state index in [1.165, 1.54) is 0 Å². The molecule has 1 heteroatoms. The van der Waals surface area contributed by atoms with Gasteiger partial charge < -0.3 is 5.73 Å². The van der Waals surface area contributed by atoms with E-state index >= 15 is 0 Å². The van der Waals surface area contributed by atoms with E-state index in [4.69, 9.17) is 5.73 Å². The summed E-state index contributed by atoms with van der Waals surface area (Å²) in [5.41, 5.74) is 6.19. The Labute approximate surface area is 79.4 Å². The number of hydrogen-bond acceptors (Lipinski definition) is 1. The van der Waals surface area contributed by atoms with E-state index < -0.39 is 0 Å². The second kappa shape index (κ2) is 2.41. The van der Waals surface area contributed by atoms with E-state index in [1.807, 2.05) is 0 Å². The topological polar surface area (TPSA) is 26.0 Å². The molecule has 0 bridgehead atoms. The minimum absolute atomic E-state index is 0.0508. The molecule has 0 aromatic carbocycles. The van der Waals surface area contributed by atoms with Crippen LogP contribution in [0.5, 0.6) is 0 Å². The zero-order valence-electron chi connectivity index (χ0n) is 8.02. The Morgan fingerprint density at radius 1 is 1.31 bits per heavy atom. The average Bonchev–Trinajstić information content (AvgIpc) is 2.59. The summed E-state index contributed by atoms with van der Waals surface area (Å²) < 4.78 is 0. The van der Waals surface area contributed by atoms with Crippen molar-refractivity contribution in [2.45, 2.75) is 26.3 Å². The molecule has 2 rings (SSSR count). The maximum absolute atomic E-state index is 6.01. The molecule has 0 heterocycles. The molecule has 2 atom stereocenters. The molecule has 1 spiro atoms. The van der Waals surface area contributed by atoms with Crippen LogP contribution in [0.2, 0.25) is 0 Å². The lowest BCUT2D eigenvalue weighted by Gasteiger charge is -2.17. The summed E-state index contributed by atoms with van der Waals surface area (Å²) in [6.07, 6.45) is 4.63. The molecule has 1 fully saturated rings. The zero-order chi connectivity index (χ0) is 9.53. The van der Waals surface area contributed by atoms with Crippen LogP contribution in [0.4, 0.5) is 0 Å². The normalized spacial score (nSPS) is 40.4. The number of rotatable bonds is 0. The third kappa shape index (κ3) is 1.09. The highest BCUT2D eigenvalue weighted by molar-refractivity contribution is 5.41. The summed E-state index contributed by atoms with van der Waals surface area (Å²) in [5.74, 6) is 12.2. The van der Waals surface area contributed by atoms with Crippen LogP contribution >= 0.6 is 0 Å². The first kappa shape index (κ1) is 8.42. The lowest BCUT2D eigenvalue weighted by molar-refractivity contribution is 0.448. The van der Waals surface area contributed by atoms with Crippen LogP contribution in [0.1, 0.15) is 20.3 Å². The average molecular weight is 171 g/mol. The highest BCUT2D eigenvalue weighted by Gasteiger charge is 2.63. The minimum Gasteiger partial charge on any atom is -0.316 e. The molecule has 66 valence electrons. The summed E-state index contributed by atoms with van der Waals surface area (Å²) in [5, 5.41) is 0. The molecule has 2 N–H and O–H groups in total. The lowest BCUT2D eigenvalue weighted by atomic mass is 9.89. The van der Waals surface area contributed by atoms with Gasteiger partial charge in [0.1, 0.15) is 0 Å². The Bertz CT molecular complexity index is 381. The van der Waals surface area contributed by atoms with Crippen molar-refractivity contribution in [3.8, 4) is 23.7 Å². The van der Waals surface area contributed by atoms with Gasteiger partial charge in [0, 0.05) is 0 Å². The summed E-state index contributed by atoms with van der Waals surface area (Å²) in [6.45, 7) is 4.41. The van der Waals surface area contributed by atoms with Gasteiger partial charge in [-0.1, -0.05) is 37.5 Å². The van der Waals surface area contributed by atoms with Crippen LogP contribution in [-0.4, -0.2) is 6.04 Å². The maximum Gasteiger partial charge on any atom is 0.0841 e. The molecule has 0 aliphatic heterocycles. The van der Waals surface area contributed by atoms with E-state index in [0.717, 1.165) is 6.42 Å². The molecular formula is C12H13N. The van der Waals surface area contributed by atoms with Crippen molar-refractivity contribution < 1.29 is 0 Å². The van der Waals surface area contributed by atoms with Crippen molar-refractivity contribution in [3.63, 3.8) is 0 Å². The lowest BCUT2D eigenvalue weighted by Crippen LogP contribution is -2.32. The molecule has 13 heavy (non-hydrogen) atoms. The Hall–Kier alpha value is -1.18. The highest BCUT2D eigenvalue weighted by Crippen LogP contribution is 2.64. The number of allylic oxidation sites excluding steroid dienone is 2. The fourth-order valence-corrected chi connectivity index (χ4v) is 1.99. The van der Waals surface area contributed by atoms with Gasteiger partial charge in [0.05, 0.1) is 11.5 Å². The first-order valence-electron chi connectivity index (χ1n) is 4.53. The Morgan fingerprint density at radius 2 is 1.92 bits per heavy atom. The quantitative estimate of drug-likeness (QED) is 0.546. The Balaban J connectivity index is 2.41. The van der Waals surface area contributed by atoms with Gasteiger partial charge in [-0.25, -0.2) is 0 Å². The third-order valence-corrected chi connectivity index (χ3v) is 3.12. The Morgan fingerprint density at radius 3 is 2.54 bits per heavy atom. The molecular weight excluding hydrogens is 158 g/mol. The first-order chi connectivity index (χ1) is 6.08. The maximum atomic E-state index is 6.01. The molecule has 0 unspecified atom stereocenters. The third-order valence-electron chi connectivity index (χ3n) is 3.12. The summed E-state index contributed by atoms with van der Waals surface area (Å²) in [6, 6.07) is -0.0973. The fourth-order valence-electron chi connectivity index (χ4n) is 1.99. The van der Waals surface area contributed by atoms with Crippen molar-refractivity contribution in [1.29, 1.82) is 0 Å². The van der Waals surface area contributed by atoms with Crippen molar-refractivity contribution >= 4 is 0 Å². The zero-order valence-corrected chi connectivity index (χ0v) is 8.02. The predicted octanol–water partition coefficient (Wildman–Crippen LogP) is 1.31. The second-order valence-corrected chi connectivity index (χ2v) is 4.40. The van der Waals surface area contributed by atoms with Gasteiger partial charge in [-0.15, -0.1) is 0 Å². The van der Waals surface area contributed by atoms with E-state index in [-0.39, 0.29) is 16.9 Å². The van der Waals surface area contributed by atoms with Gasteiger partial charge in [-0.2, -0.15) is 0 Å². The second-order valence-electron chi connectivity index (χ2n) is 4.40. The van der Waals surface area contributed by atoms with E-state index in [0.29, 0.717) is 0 Å². The molecule has 0 aromatic heterocycles. The van der Waals surface area contributed by atoms with Crippen LogP contribution in [0.25, 0.3) is 0 Å². The van der Waals surface area contributed by atoms with Crippen LogP contribution < -0.4 is 5.73 Å². The van der Waals surface area contributed by atoms with Crippen molar-refractivity contribution in [2.75, 3.05) is 0 Å². The standard InChI is InChI=1S/C12H13N/c1-11(2)9-12(11)8-6-4-3-5-7-10(12)13/h3-4,10H,9,13H2,1-2H3/b4-3-/t10-,12+/m0/s1. The van der Waals surface area contributed by atoms with Crippen LogP contribution in [0, 0.1) is 34.5 Å². The van der Waals surface area contributed by atoms with E-state index in [9.17, 15) is 0 Å². The van der Waals surface area contributed by atoms with E-state index in [1.54, 1.807) is 12.2 Å². The van der Waals surface area contributed by atoms with Gasteiger partial charge in [-0.3, -0.25) is 0 Å². The summed E-state index contributed by atoms with van der Waals surface area (Å²) in [7, 11) is 0. The molecule has 2 aliphatic rings. The number of nitrogens with two attached hydrogens (primary N) is 1. The predicted molar refractivity (Wildman–Crippen MR) is 53.5 cm³/mol. The smallest absolute Gasteiger partial charge is 0.0841 e. The largest absolute Gasteiger partial charge is 0.316 e. The summed E-state index contributed by atoms with van der Waals surface area (Å²) in [4.78, 5) is 0. The van der Waals surface area contributed by atoms with Crippen LogP contribution in [0.3, 0.4) is 0 Å². The first-order valence-corrected chi connectivity index (χ1v) is 4.53. The molecule has 0 aromatic rings. The molecule has 1 saturated carbocycles. The molecule has 1 nitrogen and oxygen atoms in total. The SMILES string of the molecule is CC1(C)C[C@@]12C#C/C=C\C#C[C@@H]2N. The minimum atomic E-state index is -0.0973. The molecule has 0 amide bonds. The molecule has 0 radical (unpaired) electrons. The fraction of sp³-hybridized carbons (Fsp3) is 0.500. The van der Waals surface area contributed by atoms with Gasteiger partial charge in [-0.05, 0) is 24.0 Å². The van der Waals surface area contributed by atoms with Crippen molar-refractivity contribution in [2.24, 2.45) is 16.6 Å². The van der Waals surface area contributed by atoms with Crippen molar-refractivity contribution in [1.82, 2.24) is 0 Å². The van der Waals surface area contributed by atoms with Crippen LogP contribution in [-0.2, 0) is 0 Å². The van der Waals surface area contributed by atoms with Gasteiger partial charge in [0.2, 0.25) is 0 Å². The monoisotopic (exact) mass is 171 g/mol. The Kier molecular flexibility index (Phi) is 1.56. The molecule has 2 aliphatic carbocycles. The van der Waals surface area contributed by atoms with Crippen LogP contribution in [0.15, 0.2) is 12.2 Å². The van der Waals surface area contributed by atoms with Gasteiger partial charge in [0.15, 0.2) is 0 Å². The van der Waals surface area contributed by atoms with Gasteiger partial charge >= 0.3 is 0 Å². The summed E-state index contributed by atoms with van der Waals surface area (Å²) >= 11 is 0. The molecule has 0 saturated heterocycles. The highest BCUT2D eigenvalue weighted by atomic mass is 14.8. The van der Waals surface area contributed by atoms with Gasteiger partial charge in [0.25, 0.3) is 0 Å².